The number of unbranched alkanes of at least 4 members (excludes halogenated alkanes) is 2. The molecule has 2 unspecified atom stereocenters. The molecule has 0 radical (unpaired) electrons. The minimum atomic E-state index is -3.74. The molecule has 0 saturated heterocycles. The summed E-state index contributed by atoms with van der Waals surface area (Å²) in [5.41, 5.74) is 2.87. The van der Waals surface area contributed by atoms with Gasteiger partial charge in [0.25, 0.3) is 5.91 Å². The van der Waals surface area contributed by atoms with Crippen LogP contribution in [0.15, 0.2) is 64.5 Å². The number of carbonyl (C=O) groups is 1. The summed E-state index contributed by atoms with van der Waals surface area (Å²) in [5.74, 6) is 0.0611. The number of aliphatic imine (C=N–C) groups is 1. The van der Waals surface area contributed by atoms with Crippen molar-refractivity contribution in [3.05, 3.63) is 71.3 Å². The molecule has 0 aliphatic carbocycles. The van der Waals surface area contributed by atoms with Gasteiger partial charge in [-0.25, -0.2) is 13.4 Å². The van der Waals surface area contributed by atoms with E-state index in [0.29, 0.717) is 53.0 Å². The molecule has 2 aromatic carbocycles. The number of aromatic nitrogens is 1. The summed E-state index contributed by atoms with van der Waals surface area (Å²) < 4.78 is 29.9. The van der Waals surface area contributed by atoms with Crippen LogP contribution in [-0.4, -0.2) is 47.5 Å². The van der Waals surface area contributed by atoms with Crippen molar-refractivity contribution in [1.29, 1.82) is 0 Å². The van der Waals surface area contributed by atoms with Crippen LogP contribution >= 0.6 is 0 Å². The Hall–Kier alpha value is -3.23. The number of benzene rings is 2. The molecule has 2 atom stereocenters. The van der Waals surface area contributed by atoms with Crippen LogP contribution in [0.25, 0.3) is 11.3 Å². The molecule has 1 aliphatic rings. The number of nitrogens with zero attached hydrogens (tertiary/aromatic N) is 2. The van der Waals surface area contributed by atoms with E-state index in [0.717, 1.165) is 56.9 Å². The first-order valence-corrected chi connectivity index (χ1v) is 16.9. The second kappa shape index (κ2) is 14.3. The number of carbonyl (C=O) groups excluding carboxylic acids is 1. The first-order chi connectivity index (χ1) is 20.2. The van der Waals surface area contributed by atoms with Gasteiger partial charge in [-0.05, 0) is 42.4 Å². The summed E-state index contributed by atoms with van der Waals surface area (Å²) in [7, 11) is -3.74. The molecule has 0 bridgehead atoms. The lowest BCUT2D eigenvalue weighted by Crippen LogP contribution is -2.39. The summed E-state index contributed by atoms with van der Waals surface area (Å²) in [6.45, 7) is 9.67. The number of nitrogens with one attached hydrogen (secondary N) is 1. The zero-order valence-corrected chi connectivity index (χ0v) is 26.2. The second-order valence-corrected chi connectivity index (χ2v) is 13.3. The van der Waals surface area contributed by atoms with Crippen LogP contribution in [0.1, 0.15) is 101 Å². The van der Waals surface area contributed by atoms with Crippen LogP contribution in [0, 0.1) is 11.8 Å². The molecule has 42 heavy (non-hydrogen) atoms. The highest BCUT2D eigenvalue weighted by Gasteiger charge is 2.34. The molecule has 226 valence electrons. The molecule has 0 saturated carbocycles. The van der Waals surface area contributed by atoms with Gasteiger partial charge in [0.2, 0.25) is 10.0 Å². The van der Waals surface area contributed by atoms with Crippen molar-refractivity contribution in [1.82, 2.24) is 9.29 Å². The van der Waals surface area contributed by atoms with Gasteiger partial charge in [-0.2, -0.15) is 4.31 Å². The zero-order chi connectivity index (χ0) is 30.3. The highest BCUT2D eigenvalue weighted by atomic mass is 32.2. The molecule has 1 aliphatic heterocycles. The third-order valence-electron chi connectivity index (χ3n) is 8.48. The Balaban J connectivity index is 1.63. The molecule has 0 spiro atoms. The molecular weight excluding hydrogens is 546 g/mol. The van der Waals surface area contributed by atoms with Gasteiger partial charge >= 0.3 is 0 Å². The number of H-pyrrole nitrogens is 1. The summed E-state index contributed by atoms with van der Waals surface area (Å²) in [5, 5.41) is 10.8. The molecule has 3 aromatic rings. The average Bonchev–Trinajstić information content (AvgIpc) is 3.54. The summed E-state index contributed by atoms with van der Waals surface area (Å²) in [6, 6.07) is 15.9. The quantitative estimate of drug-likeness (QED) is 0.177. The Morgan fingerprint density at radius 2 is 1.38 bits per heavy atom. The fourth-order valence-electron chi connectivity index (χ4n) is 5.79. The van der Waals surface area contributed by atoms with Gasteiger partial charge in [0.15, 0.2) is 5.88 Å². The Labute approximate surface area is 251 Å². The van der Waals surface area contributed by atoms with Crippen molar-refractivity contribution in [3.63, 3.8) is 0 Å². The van der Waals surface area contributed by atoms with Gasteiger partial charge in [-0.1, -0.05) is 109 Å². The molecule has 1 amide bonds. The highest BCUT2D eigenvalue weighted by molar-refractivity contribution is 7.89. The summed E-state index contributed by atoms with van der Waals surface area (Å²) in [6.07, 6.45) is 8.29. The standard InChI is InChI=1S/C34H45N3O4S/c1-5-9-14-24(7-3)22-37(23-25(8-4)15-10-6-2)42(40,41)28-20-18-27(19-21-28)32-30-29(33(38)36-32)31(35-34(30)39)26-16-12-11-13-17-26/h11-13,16-21,24-25,35,39H,5-10,14-15,22-23H2,1-4H3. The van der Waals surface area contributed by atoms with Crippen LogP contribution in [0.5, 0.6) is 5.88 Å². The topological polar surface area (TPSA) is 103 Å². The van der Waals surface area contributed by atoms with Crippen molar-refractivity contribution in [2.75, 3.05) is 13.1 Å². The Kier molecular flexibility index (Phi) is 10.8. The molecule has 2 N–H and O–H groups in total. The maximum absolute atomic E-state index is 14.1. The number of aromatic amines is 1. The van der Waals surface area contributed by atoms with E-state index in [1.807, 2.05) is 30.3 Å². The normalized spacial score (nSPS) is 14.7. The highest BCUT2D eigenvalue weighted by Crippen LogP contribution is 2.38. The molecule has 7 nitrogen and oxygen atoms in total. The van der Waals surface area contributed by atoms with Gasteiger partial charge in [0.1, 0.15) is 0 Å². The van der Waals surface area contributed by atoms with E-state index >= 15 is 0 Å². The lowest BCUT2D eigenvalue weighted by atomic mass is 9.97. The van der Waals surface area contributed by atoms with E-state index in [9.17, 15) is 18.3 Å². The molecule has 1 aromatic heterocycles. The molecule has 0 fully saturated rings. The largest absolute Gasteiger partial charge is 0.494 e. The number of hydrogen-bond donors (Lipinski definition) is 2. The van der Waals surface area contributed by atoms with E-state index in [4.69, 9.17) is 0 Å². The number of fused-ring (bicyclic) bond motifs is 1. The predicted molar refractivity (Wildman–Crippen MR) is 170 cm³/mol. The third-order valence-corrected chi connectivity index (χ3v) is 10.3. The van der Waals surface area contributed by atoms with Crippen LogP contribution in [-0.2, 0) is 10.0 Å². The second-order valence-electron chi connectivity index (χ2n) is 11.4. The SMILES string of the molecule is CCCCC(CC)CN(CC(CC)CCCC)S(=O)(=O)c1ccc(C2=NC(=O)c3c(-c4ccccc4)[nH]c(O)c32)cc1. The van der Waals surface area contributed by atoms with Crippen molar-refractivity contribution in [2.45, 2.75) is 84.0 Å². The van der Waals surface area contributed by atoms with Crippen LogP contribution in [0.2, 0.25) is 0 Å². The maximum Gasteiger partial charge on any atom is 0.280 e. The minimum Gasteiger partial charge on any atom is -0.494 e. The maximum atomic E-state index is 14.1. The monoisotopic (exact) mass is 591 g/mol. The fourth-order valence-corrected chi connectivity index (χ4v) is 7.38. The van der Waals surface area contributed by atoms with E-state index < -0.39 is 15.9 Å². The molecule has 8 heteroatoms. The number of hydrogen-bond acceptors (Lipinski definition) is 4. The Bertz CT molecular complexity index is 1460. The van der Waals surface area contributed by atoms with Crippen molar-refractivity contribution < 1.29 is 18.3 Å². The summed E-state index contributed by atoms with van der Waals surface area (Å²) >= 11 is 0. The number of aromatic hydroxyl groups is 1. The van der Waals surface area contributed by atoms with Gasteiger partial charge in [-0.3, -0.25) is 4.79 Å². The Morgan fingerprint density at radius 1 is 0.810 bits per heavy atom. The Morgan fingerprint density at radius 3 is 1.90 bits per heavy atom. The lowest BCUT2D eigenvalue weighted by molar-refractivity contribution is 0.101. The van der Waals surface area contributed by atoms with E-state index in [2.05, 4.69) is 37.7 Å². The van der Waals surface area contributed by atoms with Gasteiger partial charge in [0.05, 0.1) is 27.4 Å². The van der Waals surface area contributed by atoms with Gasteiger partial charge < -0.3 is 10.1 Å². The van der Waals surface area contributed by atoms with Crippen molar-refractivity contribution >= 4 is 21.6 Å². The molecular formula is C34H45N3O4S. The first-order valence-electron chi connectivity index (χ1n) is 15.5. The number of rotatable bonds is 16. The molecule has 2 heterocycles. The zero-order valence-electron chi connectivity index (χ0n) is 25.4. The molecule has 4 rings (SSSR count). The summed E-state index contributed by atoms with van der Waals surface area (Å²) in [4.78, 5) is 20.4. The van der Waals surface area contributed by atoms with Crippen molar-refractivity contribution in [3.8, 4) is 17.1 Å². The number of amides is 1. The number of sulfonamides is 1. The fraction of sp³-hybridized carbons (Fsp3) is 0.471. The minimum absolute atomic E-state index is 0.133. The third kappa shape index (κ3) is 6.87. The first kappa shape index (κ1) is 31.7. The van der Waals surface area contributed by atoms with E-state index in [-0.39, 0.29) is 10.8 Å². The van der Waals surface area contributed by atoms with E-state index in [1.54, 1.807) is 28.6 Å². The average molecular weight is 592 g/mol. The van der Waals surface area contributed by atoms with Crippen LogP contribution in [0.3, 0.4) is 0 Å². The smallest absolute Gasteiger partial charge is 0.280 e. The van der Waals surface area contributed by atoms with Gasteiger partial charge in [0, 0.05) is 18.7 Å². The van der Waals surface area contributed by atoms with Gasteiger partial charge in [-0.15, -0.1) is 0 Å². The lowest BCUT2D eigenvalue weighted by Gasteiger charge is -2.30. The van der Waals surface area contributed by atoms with Crippen LogP contribution in [0.4, 0.5) is 0 Å². The van der Waals surface area contributed by atoms with Crippen LogP contribution < -0.4 is 0 Å². The predicted octanol–water partition coefficient (Wildman–Crippen LogP) is 7.80. The van der Waals surface area contributed by atoms with Crippen molar-refractivity contribution in [2.24, 2.45) is 16.8 Å². The van der Waals surface area contributed by atoms with E-state index in [1.165, 1.54) is 0 Å².